The zero-order valence-corrected chi connectivity index (χ0v) is 16.9. The molecule has 0 amide bonds. The topological polar surface area (TPSA) is 75.2 Å². The minimum absolute atomic E-state index is 0.101. The van der Waals surface area contributed by atoms with E-state index < -0.39 is 11.6 Å². The van der Waals surface area contributed by atoms with Crippen molar-refractivity contribution >= 4 is 17.6 Å². The first-order chi connectivity index (χ1) is 13.3. The third-order valence-electron chi connectivity index (χ3n) is 4.05. The highest BCUT2D eigenvalue weighted by atomic mass is 35.5. The van der Waals surface area contributed by atoms with E-state index in [9.17, 15) is 4.79 Å². The van der Waals surface area contributed by atoms with Crippen molar-refractivity contribution in [1.82, 2.24) is 9.97 Å². The van der Waals surface area contributed by atoms with Gasteiger partial charge in [0.15, 0.2) is 5.69 Å². The first-order valence-corrected chi connectivity index (χ1v) is 9.44. The lowest BCUT2D eigenvalue weighted by molar-refractivity contribution is 0.00645. The van der Waals surface area contributed by atoms with Crippen LogP contribution in [0.25, 0.3) is 22.6 Å². The van der Waals surface area contributed by atoms with Crippen molar-refractivity contribution in [2.24, 2.45) is 0 Å². The van der Waals surface area contributed by atoms with Gasteiger partial charge in [-0.2, -0.15) is 0 Å². The second-order valence-electron chi connectivity index (χ2n) is 7.49. The maximum atomic E-state index is 12.8. The monoisotopic (exact) mass is 398 g/mol. The summed E-state index contributed by atoms with van der Waals surface area (Å²) in [6, 6.07) is 14.8. The largest absolute Gasteiger partial charge is 0.455 e. The summed E-state index contributed by atoms with van der Waals surface area (Å²) in [7, 11) is 0. The predicted octanol–water partition coefficient (Wildman–Crippen LogP) is 4.89. The molecule has 0 spiro atoms. The molecule has 1 heterocycles. The number of hydrogen-bond acceptors (Lipinski definition) is 4. The maximum Gasteiger partial charge on any atom is 0.357 e. The molecule has 2 aromatic carbocycles. The molecule has 2 N–H and O–H groups in total. The van der Waals surface area contributed by atoms with Gasteiger partial charge in [-0.05, 0) is 44.9 Å². The van der Waals surface area contributed by atoms with Crippen LogP contribution in [0.3, 0.4) is 0 Å². The number of aromatic nitrogens is 2. The molecule has 0 aliphatic carbocycles. The average molecular weight is 399 g/mol. The Morgan fingerprint density at radius 1 is 1.07 bits per heavy atom. The van der Waals surface area contributed by atoms with Crippen LogP contribution in [0.4, 0.5) is 0 Å². The van der Waals surface area contributed by atoms with Crippen LogP contribution in [0.5, 0.6) is 0 Å². The van der Waals surface area contributed by atoms with Crippen molar-refractivity contribution < 1.29 is 14.6 Å². The Morgan fingerprint density at radius 2 is 1.68 bits per heavy atom. The Kier molecular flexibility index (Phi) is 5.87. The number of carbonyl (C=O) groups excluding carboxylic acids is 1. The fourth-order valence-corrected chi connectivity index (χ4v) is 2.89. The van der Waals surface area contributed by atoms with Crippen molar-refractivity contribution in [3.63, 3.8) is 0 Å². The summed E-state index contributed by atoms with van der Waals surface area (Å²) in [4.78, 5) is 20.5. The number of imidazole rings is 1. The van der Waals surface area contributed by atoms with Crippen LogP contribution in [-0.4, -0.2) is 33.3 Å². The summed E-state index contributed by atoms with van der Waals surface area (Å²) in [6.45, 7) is 5.57. The van der Waals surface area contributed by atoms with Gasteiger partial charge in [0, 0.05) is 22.8 Å². The van der Waals surface area contributed by atoms with Crippen LogP contribution in [0.15, 0.2) is 48.5 Å². The van der Waals surface area contributed by atoms with Crippen LogP contribution >= 0.6 is 11.6 Å². The summed E-state index contributed by atoms with van der Waals surface area (Å²) in [6.07, 6.45) is 0.595. The van der Waals surface area contributed by atoms with E-state index in [0.717, 1.165) is 16.7 Å². The number of nitrogens with one attached hydrogen (secondary N) is 1. The van der Waals surface area contributed by atoms with Gasteiger partial charge in [0.1, 0.15) is 17.1 Å². The van der Waals surface area contributed by atoms with Gasteiger partial charge in [0.2, 0.25) is 0 Å². The molecule has 5 nitrogen and oxygen atoms in total. The van der Waals surface area contributed by atoms with E-state index in [1.54, 1.807) is 12.1 Å². The molecule has 28 heavy (non-hydrogen) atoms. The number of esters is 1. The number of halogens is 1. The molecule has 0 fully saturated rings. The number of benzene rings is 2. The number of nitrogens with zero attached hydrogens (tertiary/aromatic N) is 1. The fraction of sp³-hybridized carbons (Fsp3) is 0.273. The van der Waals surface area contributed by atoms with Crippen molar-refractivity contribution in [2.45, 2.75) is 32.8 Å². The first kappa shape index (κ1) is 20.1. The SMILES string of the molecule is CC(C)(C)OC(=O)c1[nH]c(-c2ccc(CCO)cc2)nc1-c1ccc(Cl)cc1. The van der Waals surface area contributed by atoms with Crippen LogP contribution in [0.1, 0.15) is 36.8 Å². The maximum absolute atomic E-state index is 12.8. The molecular weight excluding hydrogens is 376 g/mol. The third-order valence-corrected chi connectivity index (χ3v) is 4.30. The minimum Gasteiger partial charge on any atom is -0.455 e. The number of aromatic amines is 1. The smallest absolute Gasteiger partial charge is 0.357 e. The molecule has 0 saturated carbocycles. The van der Waals surface area contributed by atoms with Gasteiger partial charge in [-0.25, -0.2) is 9.78 Å². The van der Waals surface area contributed by atoms with Gasteiger partial charge in [-0.15, -0.1) is 0 Å². The summed E-state index contributed by atoms with van der Waals surface area (Å²) in [5.41, 5.74) is 2.83. The average Bonchev–Trinajstić information content (AvgIpc) is 3.07. The summed E-state index contributed by atoms with van der Waals surface area (Å²) >= 11 is 5.99. The number of hydrogen-bond donors (Lipinski definition) is 2. The van der Waals surface area contributed by atoms with Crippen LogP contribution < -0.4 is 0 Å². The number of aliphatic hydroxyl groups is 1. The molecule has 0 aliphatic rings. The van der Waals surface area contributed by atoms with Crippen LogP contribution in [-0.2, 0) is 11.2 Å². The Bertz CT molecular complexity index is 955. The highest BCUT2D eigenvalue weighted by Crippen LogP contribution is 2.29. The highest BCUT2D eigenvalue weighted by Gasteiger charge is 2.25. The van der Waals surface area contributed by atoms with Gasteiger partial charge >= 0.3 is 5.97 Å². The molecule has 0 atom stereocenters. The number of carbonyl (C=O) groups is 1. The molecular formula is C22H23ClN2O3. The summed E-state index contributed by atoms with van der Waals surface area (Å²) in [5, 5.41) is 9.67. The van der Waals surface area contributed by atoms with Gasteiger partial charge in [-0.3, -0.25) is 0 Å². The lowest BCUT2D eigenvalue weighted by Crippen LogP contribution is -2.24. The fourth-order valence-electron chi connectivity index (χ4n) is 2.76. The molecule has 3 aromatic rings. The number of H-pyrrole nitrogens is 1. The van der Waals surface area contributed by atoms with Gasteiger partial charge < -0.3 is 14.8 Å². The molecule has 0 radical (unpaired) electrons. The van der Waals surface area contributed by atoms with Gasteiger partial charge in [0.25, 0.3) is 0 Å². The Labute approximate surface area is 169 Å². The summed E-state index contributed by atoms with van der Waals surface area (Å²) < 4.78 is 5.55. The van der Waals surface area contributed by atoms with Crippen LogP contribution in [0, 0.1) is 0 Å². The number of aliphatic hydroxyl groups excluding tert-OH is 1. The zero-order valence-electron chi connectivity index (χ0n) is 16.1. The Morgan fingerprint density at radius 3 is 2.25 bits per heavy atom. The second kappa shape index (κ2) is 8.17. The minimum atomic E-state index is -0.619. The van der Waals surface area contributed by atoms with E-state index in [1.807, 2.05) is 57.2 Å². The van der Waals surface area contributed by atoms with E-state index in [1.165, 1.54) is 0 Å². The third kappa shape index (κ3) is 4.80. The highest BCUT2D eigenvalue weighted by molar-refractivity contribution is 6.30. The summed E-state index contributed by atoms with van der Waals surface area (Å²) in [5.74, 6) is 0.106. The lowest BCUT2D eigenvalue weighted by Gasteiger charge is -2.19. The number of ether oxygens (including phenoxy) is 1. The molecule has 146 valence electrons. The quantitative estimate of drug-likeness (QED) is 0.600. The van der Waals surface area contributed by atoms with Crippen molar-refractivity contribution in [3.05, 3.63) is 64.8 Å². The molecule has 0 aliphatic heterocycles. The van der Waals surface area contributed by atoms with E-state index in [4.69, 9.17) is 21.4 Å². The van der Waals surface area contributed by atoms with E-state index in [0.29, 0.717) is 28.7 Å². The van der Waals surface area contributed by atoms with E-state index >= 15 is 0 Å². The molecule has 0 saturated heterocycles. The van der Waals surface area contributed by atoms with Crippen LogP contribution in [0.2, 0.25) is 5.02 Å². The van der Waals surface area contributed by atoms with E-state index in [2.05, 4.69) is 9.97 Å². The lowest BCUT2D eigenvalue weighted by atomic mass is 10.1. The predicted molar refractivity (Wildman–Crippen MR) is 110 cm³/mol. The van der Waals surface area contributed by atoms with Crippen molar-refractivity contribution in [3.8, 4) is 22.6 Å². The van der Waals surface area contributed by atoms with Crippen molar-refractivity contribution in [1.29, 1.82) is 0 Å². The molecule has 3 rings (SSSR count). The molecule has 0 unspecified atom stereocenters. The van der Waals surface area contributed by atoms with Crippen molar-refractivity contribution in [2.75, 3.05) is 6.61 Å². The van der Waals surface area contributed by atoms with Gasteiger partial charge in [-0.1, -0.05) is 48.0 Å². The first-order valence-electron chi connectivity index (χ1n) is 9.06. The Balaban J connectivity index is 2.04. The van der Waals surface area contributed by atoms with E-state index in [-0.39, 0.29) is 6.61 Å². The normalized spacial score (nSPS) is 11.5. The molecule has 6 heteroatoms. The molecule has 1 aromatic heterocycles. The standard InChI is InChI=1S/C22H23ClN2O3/c1-22(2,3)28-21(27)19-18(15-8-10-17(23)11-9-15)24-20(25-19)16-6-4-14(5-7-16)12-13-26/h4-11,26H,12-13H2,1-3H3,(H,24,25). The molecule has 0 bridgehead atoms. The number of rotatable bonds is 5. The second-order valence-corrected chi connectivity index (χ2v) is 7.92. The zero-order chi connectivity index (χ0) is 20.3. The Hall–Kier alpha value is -2.63. The van der Waals surface area contributed by atoms with Gasteiger partial charge in [0.05, 0.1) is 0 Å².